The number of fused-ring (bicyclic) bond motifs is 3. The Morgan fingerprint density at radius 2 is 1.68 bits per heavy atom. The molecule has 0 atom stereocenters. The van der Waals surface area contributed by atoms with Crippen LogP contribution < -0.4 is 0 Å². The number of rotatable bonds is 2. The lowest BCUT2D eigenvalue weighted by molar-refractivity contribution is 0.918. The number of benzene rings is 1. The molecule has 138 valence electrons. The quantitative estimate of drug-likeness (QED) is 0.464. The van der Waals surface area contributed by atoms with Crippen LogP contribution in [0.5, 0.6) is 0 Å². The molecule has 1 aromatic carbocycles. The minimum Gasteiger partial charge on any atom is -0.282 e. The van der Waals surface area contributed by atoms with Crippen molar-refractivity contribution in [3.8, 4) is 17.2 Å². The van der Waals surface area contributed by atoms with E-state index in [1.807, 2.05) is 24.4 Å². The van der Waals surface area contributed by atoms with Gasteiger partial charge in [-0.15, -0.1) is 5.10 Å². The Hall–Kier alpha value is -3.54. The number of nitrogens with zero attached hydrogens (tertiary/aromatic N) is 6. The molecule has 0 fully saturated rings. The predicted molar refractivity (Wildman–Crippen MR) is 110 cm³/mol. The van der Waals surface area contributed by atoms with Crippen LogP contribution in [0.25, 0.3) is 33.9 Å². The molecule has 28 heavy (non-hydrogen) atoms. The first-order chi connectivity index (χ1) is 13.5. The van der Waals surface area contributed by atoms with Gasteiger partial charge in [-0.2, -0.15) is 0 Å². The molecule has 6 heteroatoms. The molecule has 0 spiro atoms. The predicted octanol–water partition coefficient (Wildman–Crippen LogP) is 4.36. The summed E-state index contributed by atoms with van der Waals surface area (Å²) in [6.07, 6.45) is 3.56. The fraction of sp³-hybridized carbons (Fsp3) is 0.182. The second kappa shape index (κ2) is 5.99. The van der Waals surface area contributed by atoms with E-state index in [0.29, 0.717) is 5.82 Å². The Balaban J connectivity index is 1.80. The van der Waals surface area contributed by atoms with Crippen molar-refractivity contribution in [2.75, 3.05) is 0 Å². The Labute approximate surface area is 162 Å². The van der Waals surface area contributed by atoms with Crippen molar-refractivity contribution < 1.29 is 0 Å². The van der Waals surface area contributed by atoms with Crippen molar-refractivity contribution in [2.45, 2.75) is 27.7 Å². The molecule has 0 aliphatic carbocycles. The zero-order valence-electron chi connectivity index (χ0n) is 16.3. The maximum Gasteiger partial charge on any atom is 0.182 e. The molecule has 5 rings (SSSR count). The third-order valence-corrected chi connectivity index (χ3v) is 5.24. The molecule has 0 amide bonds. The Kier molecular flexibility index (Phi) is 3.55. The zero-order chi connectivity index (χ0) is 19.4. The standard InChI is InChI=1S/C22H20N6/c1-13-6-5-7-17(10-13)20-25-22-19-15(3)16(4)28(18-11-14(2)8-9-23-18)21(19)24-12-27(22)26-20/h5-12H,1-4H3. The van der Waals surface area contributed by atoms with Gasteiger partial charge in [0.15, 0.2) is 17.1 Å². The molecule has 4 heterocycles. The summed E-state index contributed by atoms with van der Waals surface area (Å²) in [4.78, 5) is 14.1. The molecule has 0 saturated heterocycles. The minimum absolute atomic E-state index is 0.705. The molecule has 5 aromatic rings. The summed E-state index contributed by atoms with van der Waals surface area (Å²) in [5.74, 6) is 1.57. The van der Waals surface area contributed by atoms with Gasteiger partial charge in [0.2, 0.25) is 0 Å². The van der Waals surface area contributed by atoms with E-state index in [9.17, 15) is 0 Å². The van der Waals surface area contributed by atoms with Gasteiger partial charge in [0, 0.05) is 17.5 Å². The fourth-order valence-corrected chi connectivity index (χ4v) is 3.69. The van der Waals surface area contributed by atoms with Gasteiger partial charge in [-0.3, -0.25) is 4.57 Å². The smallest absolute Gasteiger partial charge is 0.182 e. The highest BCUT2D eigenvalue weighted by Crippen LogP contribution is 2.30. The molecule has 0 aliphatic heterocycles. The summed E-state index contributed by atoms with van der Waals surface area (Å²) < 4.78 is 3.86. The second-order valence-corrected chi connectivity index (χ2v) is 7.25. The summed E-state index contributed by atoms with van der Waals surface area (Å²) in [7, 11) is 0. The molecular formula is C22H20N6. The molecule has 6 nitrogen and oxygen atoms in total. The molecular weight excluding hydrogens is 348 g/mol. The Morgan fingerprint density at radius 1 is 0.857 bits per heavy atom. The van der Waals surface area contributed by atoms with Crippen molar-refractivity contribution in [3.05, 3.63) is 71.3 Å². The lowest BCUT2D eigenvalue weighted by atomic mass is 10.1. The summed E-state index contributed by atoms with van der Waals surface area (Å²) in [6.45, 7) is 8.33. The molecule has 0 N–H and O–H groups in total. The highest BCUT2D eigenvalue weighted by Gasteiger charge is 2.19. The van der Waals surface area contributed by atoms with Crippen LogP contribution in [0.15, 0.2) is 48.9 Å². The topological polar surface area (TPSA) is 60.9 Å². The van der Waals surface area contributed by atoms with Gasteiger partial charge in [0.05, 0.1) is 5.39 Å². The highest BCUT2D eigenvalue weighted by molar-refractivity contribution is 5.95. The largest absolute Gasteiger partial charge is 0.282 e. The van der Waals surface area contributed by atoms with E-state index in [1.54, 1.807) is 10.8 Å². The number of aromatic nitrogens is 6. The van der Waals surface area contributed by atoms with Crippen LogP contribution in [-0.4, -0.2) is 29.1 Å². The van der Waals surface area contributed by atoms with E-state index in [1.165, 1.54) is 5.56 Å². The lowest BCUT2D eigenvalue weighted by Gasteiger charge is -2.07. The van der Waals surface area contributed by atoms with Crippen molar-refractivity contribution in [1.29, 1.82) is 0 Å². The van der Waals surface area contributed by atoms with Gasteiger partial charge < -0.3 is 0 Å². The monoisotopic (exact) mass is 368 g/mol. The van der Waals surface area contributed by atoms with Crippen LogP contribution in [0.1, 0.15) is 22.4 Å². The van der Waals surface area contributed by atoms with Gasteiger partial charge >= 0.3 is 0 Å². The third kappa shape index (κ3) is 2.41. The normalized spacial score (nSPS) is 11.6. The third-order valence-electron chi connectivity index (χ3n) is 5.24. The van der Waals surface area contributed by atoms with Crippen molar-refractivity contribution >= 4 is 16.7 Å². The van der Waals surface area contributed by atoms with Crippen LogP contribution in [-0.2, 0) is 0 Å². The van der Waals surface area contributed by atoms with Crippen molar-refractivity contribution in [3.63, 3.8) is 0 Å². The molecule has 0 saturated carbocycles. The first-order valence-electron chi connectivity index (χ1n) is 9.26. The maximum atomic E-state index is 4.86. The van der Waals surface area contributed by atoms with Crippen LogP contribution >= 0.6 is 0 Å². The fourth-order valence-electron chi connectivity index (χ4n) is 3.69. The molecule has 0 radical (unpaired) electrons. The van der Waals surface area contributed by atoms with E-state index < -0.39 is 0 Å². The van der Waals surface area contributed by atoms with Gasteiger partial charge in [-0.1, -0.05) is 23.8 Å². The van der Waals surface area contributed by atoms with Gasteiger partial charge in [0.1, 0.15) is 12.1 Å². The van der Waals surface area contributed by atoms with E-state index in [2.05, 4.69) is 60.5 Å². The van der Waals surface area contributed by atoms with E-state index in [-0.39, 0.29) is 0 Å². The number of hydrogen-bond donors (Lipinski definition) is 0. The summed E-state index contributed by atoms with van der Waals surface area (Å²) in [5, 5.41) is 5.67. The highest BCUT2D eigenvalue weighted by atomic mass is 15.3. The van der Waals surface area contributed by atoms with E-state index >= 15 is 0 Å². The first kappa shape index (κ1) is 16.6. The van der Waals surface area contributed by atoms with E-state index in [4.69, 9.17) is 9.97 Å². The van der Waals surface area contributed by atoms with Gasteiger partial charge in [0.25, 0.3) is 0 Å². The molecule has 0 unspecified atom stereocenters. The van der Waals surface area contributed by atoms with Crippen LogP contribution in [0, 0.1) is 27.7 Å². The van der Waals surface area contributed by atoms with Gasteiger partial charge in [-0.05, 0) is 57.0 Å². The summed E-state index contributed by atoms with van der Waals surface area (Å²) >= 11 is 0. The average molecular weight is 368 g/mol. The lowest BCUT2D eigenvalue weighted by Crippen LogP contribution is -2.01. The Bertz CT molecular complexity index is 1360. The maximum absolute atomic E-state index is 4.86. The van der Waals surface area contributed by atoms with Crippen molar-refractivity contribution in [1.82, 2.24) is 29.1 Å². The molecule has 0 aliphatic rings. The van der Waals surface area contributed by atoms with Crippen LogP contribution in [0.4, 0.5) is 0 Å². The van der Waals surface area contributed by atoms with E-state index in [0.717, 1.165) is 44.9 Å². The van der Waals surface area contributed by atoms with Gasteiger partial charge in [-0.25, -0.2) is 19.5 Å². The second-order valence-electron chi connectivity index (χ2n) is 7.25. The van der Waals surface area contributed by atoms with Crippen LogP contribution in [0.3, 0.4) is 0 Å². The Morgan fingerprint density at radius 3 is 2.46 bits per heavy atom. The number of aryl methyl sites for hydroxylation is 3. The molecule has 0 bridgehead atoms. The zero-order valence-corrected chi connectivity index (χ0v) is 16.3. The molecule has 4 aromatic heterocycles. The number of hydrogen-bond acceptors (Lipinski definition) is 4. The summed E-state index contributed by atoms with van der Waals surface area (Å²) in [6, 6.07) is 12.3. The van der Waals surface area contributed by atoms with Crippen molar-refractivity contribution in [2.24, 2.45) is 0 Å². The SMILES string of the molecule is Cc1cccc(-c2nc3c4c(C)c(C)n(-c5cc(C)ccn5)c4ncn3n2)c1. The minimum atomic E-state index is 0.705. The number of pyridine rings is 1. The summed E-state index contributed by atoms with van der Waals surface area (Å²) in [5.41, 5.74) is 7.26. The first-order valence-corrected chi connectivity index (χ1v) is 9.26. The van der Waals surface area contributed by atoms with Crippen LogP contribution in [0.2, 0.25) is 0 Å². The average Bonchev–Trinajstić information content (AvgIpc) is 3.21.